The van der Waals surface area contributed by atoms with E-state index in [2.05, 4.69) is 10.9 Å². The molecule has 1 aromatic heterocycles. The maximum Gasteiger partial charge on any atom is 0.351 e. The smallest absolute Gasteiger partial charge is 0.351 e. The Bertz CT molecular complexity index is 607. The highest BCUT2D eigenvalue weighted by Gasteiger charge is 2.47. The van der Waals surface area contributed by atoms with E-state index in [0.717, 1.165) is 0 Å². The molecule has 1 saturated heterocycles. The Hall–Kier alpha value is -1.88. The summed E-state index contributed by atoms with van der Waals surface area (Å²) in [7, 11) is 0. The van der Waals surface area contributed by atoms with Gasteiger partial charge in [-0.3, -0.25) is 4.57 Å². The number of ether oxygens (including phenoxy) is 1. The van der Waals surface area contributed by atoms with E-state index in [1.54, 1.807) is 6.20 Å². The molecule has 0 bridgehead atoms. The third kappa shape index (κ3) is 2.18. The predicted molar refractivity (Wildman–Crippen MR) is 71.7 cm³/mol. The third-order valence-electron chi connectivity index (χ3n) is 3.54. The molecule has 4 N–H and O–H groups in total. The third-order valence-corrected chi connectivity index (χ3v) is 3.54. The number of aliphatic hydroxyl groups is 2. The number of nitrogens with two attached hydrogens (primary N) is 1. The number of nitrogen functional groups attached to an aromatic ring is 1. The summed E-state index contributed by atoms with van der Waals surface area (Å²) in [4.78, 5) is 15.6. The quantitative estimate of drug-likeness (QED) is 0.614. The molecule has 1 aromatic rings. The average Bonchev–Trinajstić information content (AvgIpc) is 2.76. The largest absolute Gasteiger partial charge is 0.392 e. The van der Waals surface area contributed by atoms with Gasteiger partial charge in [0.25, 0.3) is 0 Å². The number of nitrogens with zero attached hydrogens (tertiary/aromatic N) is 2. The molecular weight excluding hydrogens is 262 g/mol. The number of aromatic nitrogens is 2. The average molecular weight is 279 g/mol. The van der Waals surface area contributed by atoms with Crippen LogP contribution < -0.4 is 11.4 Å². The lowest BCUT2D eigenvalue weighted by Gasteiger charge is -2.24. The number of aryl methyl sites for hydroxylation is 1. The fourth-order valence-corrected chi connectivity index (χ4v) is 2.24. The molecule has 2 heterocycles. The van der Waals surface area contributed by atoms with Crippen LogP contribution in [0.1, 0.15) is 25.1 Å². The summed E-state index contributed by atoms with van der Waals surface area (Å²) in [5.74, 6) is 2.43. The maximum absolute atomic E-state index is 11.9. The van der Waals surface area contributed by atoms with Crippen LogP contribution in [0.15, 0.2) is 11.0 Å². The van der Waals surface area contributed by atoms with Gasteiger partial charge < -0.3 is 20.7 Å². The molecule has 7 nitrogen and oxygen atoms in total. The van der Waals surface area contributed by atoms with E-state index in [0.29, 0.717) is 12.0 Å². The van der Waals surface area contributed by atoms with Gasteiger partial charge in [0, 0.05) is 18.2 Å². The molecule has 1 fully saturated rings. The molecule has 0 aliphatic carbocycles. The van der Waals surface area contributed by atoms with Crippen LogP contribution in [0.25, 0.3) is 0 Å². The van der Waals surface area contributed by atoms with Crippen LogP contribution in [0, 0.1) is 12.3 Å². The molecule has 0 amide bonds. The second kappa shape index (κ2) is 5.25. The topological polar surface area (TPSA) is 111 Å². The van der Waals surface area contributed by atoms with Crippen LogP contribution in [0.5, 0.6) is 0 Å². The molecule has 2 rings (SSSR count). The van der Waals surface area contributed by atoms with Crippen molar-refractivity contribution in [2.45, 2.75) is 37.7 Å². The van der Waals surface area contributed by atoms with Gasteiger partial charge in [0.1, 0.15) is 18.1 Å². The SMILES string of the molecule is C#C[C@]1(CO)O[C@@H](n2cc(CC)c(N)nc2=O)CC1O. The van der Waals surface area contributed by atoms with Crippen LogP contribution >= 0.6 is 0 Å². The van der Waals surface area contributed by atoms with Crippen molar-refractivity contribution >= 4 is 5.82 Å². The molecule has 108 valence electrons. The fourth-order valence-electron chi connectivity index (χ4n) is 2.24. The van der Waals surface area contributed by atoms with Crippen molar-refractivity contribution in [1.82, 2.24) is 9.55 Å². The molecule has 0 spiro atoms. The Morgan fingerprint density at radius 1 is 1.75 bits per heavy atom. The zero-order valence-electron chi connectivity index (χ0n) is 11.1. The van der Waals surface area contributed by atoms with Crippen molar-refractivity contribution in [3.63, 3.8) is 0 Å². The summed E-state index contributed by atoms with van der Waals surface area (Å²) >= 11 is 0. The molecule has 0 radical (unpaired) electrons. The van der Waals surface area contributed by atoms with Gasteiger partial charge in [-0.15, -0.1) is 6.42 Å². The minimum absolute atomic E-state index is 0.0966. The van der Waals surface area contributed by atoms with Gasteiger partial charge in [-0.2, -0.15) is 4.98 Å². The van der Waals surface area contributed by atoms with Crippen molar-refractivity contribution in [3.8, 4) is 12.3 Å². The van der Waals surface area contributed by atoms with E-state index in [9.17, 15) is 15.0 Å². The van der Waals surface area contributed by atoms with Gasteiger partial charge in [-0.05, 0) is 6.42 Å². The first-order chi connectivity index (χ1) is 9.47. The molecule has 1 aliphatic rings. The lowest BCUT2D eigenvalue weighted by Crippen LogP contribution is -2.41. The van der Waals surface area contributed by atoms with E-state index in [4.69, 9.17) is 16.9 Å². The normalized spacial score (nSPS) is 29.3. The number of terminal acetylenes is 1. The molecule has 1 aliphatic heterocycles. The van der Waals surface area contributed by atoms with Crippen LogP contribution in [0.3, 0.4) is 0 Å². The summed E-state index contributed by atoms with van der Waals surface area (Å²) in [5, 5.41) is 19.3. The molecule has 3 atom stereocenters. The molecule has 7 heteroatoms. The Labute approximate surface area is 116 Å². The second-order valence-electron chi connectivity index (χ2n) is 4.71. The lowest BCUT2D eigenvalue weighted by atomic mass is 9.99. The molecule has 0 aromatic carbocycles. The summed E-state index contributed by atoms with van der Waals surface area (Å²) in [6.45, 7) is 1.35. The fraction of sp³-hybridized carbons (Fsp3) is 0.538. The van der Waals surface area contributed by atoms with Crippen LogP contribution in [-0.2, 0) is 11.2 Å². The van der Waals surface area contributed by atoms with Crippen LogP contribution in [-0.4, -0.2) is 38.1 Å². The van der Waals surface area contributed by atoms with Crippen LogP contribution in [0.2, 0.25) is 0 Å². The number of rotatable bonds is 3. The highest BCUT2D eigenvalue weighted by atomic mass is 16.6. The second-order valence-corrected chi connectivity index (χ2v) is 4.71. The first-order valence-electron chi connectivity index (χ1n) is 6.29. The van der Waals surface area contributed by atoms with Crippen molar-refractivity contribution in [3.05, 3.63) is 22.2 Å². The summed E-state index contributed by atoms with van der Waals surface area (Å²) in [6, 6.07) is 0. The minimum atomic E-state index is -1.49. The Balaban J connectivity index is 2.40. The summed E-state index contributed by atoms with van der Waals surface area (Å²) < 4.78 is 6.76. The van der Waals surface area contributed by atoms with Gasteiger partial charge in [-0.25, -0.2) is 4.79 Å². The summed E-state index contributed by atoms with van der Waals surface area (Å²) in [5.41, 5.74) is 4.28. The first kappa shape index (κ1) is 14.5. The lowest BCUT2D eigenvalue weighted by molar-refractivity contribution is -0.0912. The minimum Gasteiger partial charge on any atom is -0.392 e. The highest BCUT2D eigenvalue weighted by molar-refractivity contribution is 5.36. The van der Waals surface area contributed by atoms with Crippen LogP contribution in [0.4, 0.5) is 5.82 Å². The Morgan fingerprint density at radius 2 is 2.45 bits per heavy atom. The van der Waals surface area contributed by atoms with Gasteiger partial charge in [0.15, 0.2) is 5.60 Å². The Kier molecular flexibility index (Phi) is 3.81. The molecular formula is C13H17N3O4. The number of anilines is 1. The molecule has 20 heavy (non-hydrogen) atoms. The number of hydrogen-bond acceptors (Lipinski definition) is 6. The van der Waals surface area contributed by atoms with Crippen molar-refractivity contribution in [2.75, 3.05) is 12.3 Å². The van der Waals surface area contributed by atoms with Gasteiger partial charge in [0.05, 0.1) is 6.61 Å². The van der Waals surface area contributed by atoms with E-state index in [-0.39, 0.29) is 12.2 Å². The number of aliphatic hydroxyl groups excluding tert-OH is 2. The first-order valence-corrected chi connectivity index (χ1v) is 6.29. The number of hydrogen-bond donors (Lipinski definition) is 3. The maximum atomic E-state index is 11.9. The predicted octanol–water partition coefficient (Wildman–Crippen LogP) is -0.968. The standard InChI is InChI=1S/C13H17N3O4/c1-3-8-6-16(12(19)15-11(8)14)10-5-9(18)13(4-2,7-17)20-10/h2,6,9-10,17-18H,3,5,7H2,1H3,(H2,14,15,19)/t9?,10-,13-/m1/s1. The zero-order chi connectivity index (χ0) is 14.9. The zero-order valence-corrected chi connectivity index (χ0v) is 11.1. The van der Waals surface area contributed by atoms with Crippen molar-refractivity contribution in [2.24, 2.45) is 0 Å². The Morgan fingerprint density at radius 3 is 2.95 bits per heavy atom. The van der Waals surface area contributed by atoms with Gasteiger partial charge >= 0.3 is 5.69 Å². The van der Waals surface area contributed by atoms with Crippen molar-refractivity contribution < 1.29 is 14.9 Å². The van der Waals surface area contributed by atoms with E-state index in [1.165, 1.54) is 4.57 Å². The highest BCUT2D eigenvalue weighted by Crippen LogP contribution is 2.35. The monoisotopic (exact) mass is 279 g/mol. The van der Waals surface area contributed by atoms with Gasteiger partial charge in [-0.1, -0.05) is 12.8 Å². The van der Waals surface area contributed by atoms with Crippen molar-refractivity contribution in [1.29, 1.82) is 0 Å². The van der Waals surface area contributed by atoms with E-state index >= 15 is 0 Å². The van der Waals surface area contributed by atoms with E-state index in [1.807, 2.05) is 6.92 Å². The molecule has 1 unspecified atom stereocenters. The molecule has 0 saturated carbocycles. The van der Waals surface area contributed by atoms with Gasteiger partial charge in [0.2, 0.25) is 0 Å². The van der Waals surface area contributed by atoms with E-state index < -0.39 is 30.2 Å². The summed E-state index contributed by atoms with van der Waals surface area (Å²) in [6.07, 6.45) is 5.72.